The summed E-state index contributed by atoms with van der Waals surface area (Å²) in [5.41, 5.74) is 4.18. The fourth-order valence-electron chi connectivity index (χ4n) is 3.68. The molecule has 2 heterocycles. The van der Waals surface area contributed by atoms with Crippen LogP contribution < -0.4 is 4.74 Å². The molecule has 2 aromatic carbocycles. The van der Waals surface area contributed by atoms with Gasteiger partial charge in [0.2, 0.25) is 0 Å². The lowest BCUT2D eigenvalue weighted by atomic mass is 10.0. The number of allylic oxidation sites excluding steroid dienone is 1. The molecule has 4 rings (SSSR count). The number of morpholine rings is 1. The number of thioether (sulfide) groups is 2. The van der Waals surface area contributed by atoms with Gasteiger partial charge in [0.15, 0.2) is 0 Å². The van der Waals surface area contributed by atoms with Crippen LogP contribution in [0.5, 0.6) is 5.75 Å². The molecule has 2 aliphatic rings. The van der Waals surface area contributed by atoms with E-state index in [0.29, 0.717) is 5.41 Å². The minimum Gasteiger partial charge on any atom is -0.492 e. The summed E-state index contributed by atoms with van der Waals surface area (Å²) >= 11 is 3.99. The molecular weight excluding hydrogens is 422 g/mol. The van der Waals surface area contributed by atoms with E-state index in [0.717, 1.165) is 45.2 Å². The minimum atomic E-state index is 0.380. The molecule has 2 aliphatic heterocycles. The van der Waals surface area contributed by atoms with Crippen molar-refractivity contribution < 1.29 is 9.47 Å². The summed E-state index contributed by atoms with van der Waals surface area (Å²) in [6, 6.07) is 15.4. The zero-order chi connectivity index (χ0) is 21.7. The maximum Gasteiger partial charge on any atom is 0.119 e. The first-order chi connectivity index (χ1) is 15.0. The summed E-state index contributed by atoms with van der Waals surface area (Å²) in [5, 5.41) is 0. The Morgan fingerprint density at radius 3 is 2.48 bits per heavy atom. The van der Waals surface area contributed by atoms with Gasteiger partial charge in [0, 0.05) is 40.9 Å². The highest BCUT2D eigenvalue weighted by Crippen LogP contribution is 2.43. The number of ether oxygens (including phenoxy) is 2. The number of rotatable bonds is 6. The van der Waals surface area contributed by atoms with E-state index >= 15 is 0 Å². The molecule has 0 N–H and O–H groups in total. The SMILES string of the molecule is C/C(=C\c1ccc(OCCN2CCOCC2)cc1)c1ccc2c(c1)SCC(C)(C)CS2. The Kier molecular flexibility index (Phi) is 7.70. The molecule has 0 aromatic heterocycles. The van der Waals surface area contributed by atoms with Crippen LogP contribution in [0.4, 0.5) is 0 Å². The van der Waals surface area contributed by atoms with E-state index in [-0.39, 0.29) is 0 Å². The highest BCUT2D eigenvalue weighted by molar-refractivity contribution is 8.03. The molecule has 1 fully saturated rings. The molecule has 0 radical (unpaired) electrons. The van der Waals surface area contributed by atoms with Gasteiger partial charge in [0.1, 0.15) is 12.4 Å². The Balaban J connectivity index is 1.35. The highest BCUT2D eigenvalue weighted by Gasteiger charge is 2.23. The van der Waals surface area contributed by atoms with Crippen LogP contribution in [0.1, 0.15) is 31.9 Å². The van der Waals surface area contributed by atoms with Crippen LogP contribution in [0.3, 0.4) is 0 Å². The predicted octanol–water partition coefficient (Wildman–Crippen LogP) is 6.18. The molecule has 0 saturated carbocycles. The molecule has 0 atom stereocenters. The van der Waals surface area contributed by atoms with Crippen molar-refractivity contribution in [1.29, 1.82) is 0 Å². The molecule has 0 aliphatic carbocycles. The molecule has 0 unspecified atom stereocenters. The lowest BCUT2D eigenvalue weighted by Crippen LogP contribution is -2.38. The quantitative estimate of drug-likeness (QED) is 0.484. The van der Waals surface area contributed by atoms with Gasteiger partial charge in [0.05, 0.1) is 13.2 Å². The van der Waals surface area contributed by atoms with Crippen LogP contribution in [0.15, 0.2) is 52.3 Å². The van der Waals surface area contributed by atoms with Gasteiger partial charge in [-0.25, -0.2) is 0 Å². The molecule has 0 bridgehead atoms. The van der Waals surface area contributed by atoms with E-state index in [4.69, 9.17) is 9.47 Å². The molecule has 3 nitrogen and oxygen atoms in total. The lowest BCUT2D eigenvalue weighted by molar-refractivity contribution is 0.0322. The van der Waals surface area contributed by atoms with Crippen LogP contribution in [0.2, 0.25) is 0 Å². The smallest absolute Gasteiger partial charge is 0.119 e. The lowest BCUT2D eigenvalue weighted by Gasteiger charge is -2.26. The summed E-state index contributed by atoms with van der Waals surface area (Å²) in [7, 11) is 0. The van der Waals surface area contributed by atoms with Crippen molar-refractivity contribution in [2.24, 2.45) is 5.41 Å². The second kappa shape index (κ2) is 10.5. The van der Waals surface area contributed by atoms with E-state index in [9.17, 15) is 0 Å². The Morgan fingerprint density at radius 1 is 1.03 bits per heavy atom. The van der Waals surface area contributed by atoms with Crippen molar-refractivity contribution in [1.82, 2.24) is 4.90 Å². The summed E-state index contributed by atoms with van der Waals surface area (Å²) in [6.45, 7) is 12.3. The van der Waals surface area contributed by atoms with E-state index in [1.807, 2.05) is 23.5 Å². The summed E-state index contributed by atoms with van der Waals surface area (Å²) in [4.78, 5) is 5.23. The molecule has 31 heavy (non-hydrogen) atoms. The largest absolute Gasteiger partial charge is 0.492 e. The monoisotopic (exact) mass is 455 g/mol. The first-order valence-corrected chi connectivity index (χ1v) is 13.1. The maximum absolute atomic E-state index is 5.94. The van der Waals surface area contributed by atoms with Crippen molar-refractivity contribution in [2.45, 2.75) is 30.6 Å². The average Bonchev–Trinajstić information content (AvgIpc) is 2.93. The van der Waals surface area contributed by atoms with Gasteiger partial charge in [0.25, 0.3) is 0 Å². The van der Waals surface area contributed by atoms with Crippen LogP contribution in [0, 0.1) is 5.41 Å². The first kappa shape index (κ1) is 22.8. The number of hydrogen-bond acceptors (Lipinski definition) is 5. The van der Waals surface area contributed by atoms with E-state index in [1.54, 1.807) is 0 Å². The van der Waals surface area contributed by atoms with Crippen LogP contribution in [-0.4, -0.2) is 55.9 Å². The van der Waals surface area contributed by atoms with E-state index in [2.05, 4.69) is 74.2 Å². The molecule has 2 aromatic rings. The molecular formula is C26H33NO2S2. The second-order valence-electron chi connectivity index (χ2n) is 9.10. The Morgan fingerprint density at radius 2 is 1.74 bits per heavy atom. The van der Waals surface area contributed by atoms with E-state index in [1.165, 1.54) is 38.0 Å². The number of nitrogens with zero attached hydrogens (tertiary/aromatic N) is 1. The van der Waals surface area contributed by atoms with Crippen molar-refractivity contribution in [3.05, 3.63) is 53.6 Å². The van der Waals surface area contributed by atoms with Gasteiger partial charge in [-0.1, -0.05) is 38.1 Å². The third kappa shape index (κ3) is 6.55. The Labute approximate surface area is 195 Å². The zero-order valence-corrected chi connectivity index (χ0v) is 20.5. The summed E-state index contributed by atoms with van der Waals surface area (Å²) in [6.07, 6.45) is 2.26. The van der Waals surface area contributed by atoms with E-state index < -0.39 is 0 Å². The normalized spacial score (nSPS) is 19.5. The Bertz CT molecular complexity index is 902. The van der Waals surface area contributed by atoms with Crippen LogP contribution >= 0.6 is 23.5 Å². The van der Waals surface area contributed by atoms with Crippen molar-refractivity contribution in [2.75, 3.05) is 51.0 Å². The zero-order valence-electron chi connectivity index (χ0n) is 18.9. The number of benzene rings is 2. The van der Waals surface area contributed by atoms with Crippen molar-refractivity contribution >= 4 is 35.2 Å². The van der Waals surface area contributed by atoms with Gasteiger partial charge < -0.3 is 9.47 Å². The number of fused-ring (bicyclic) bond motifs is 1. The van der Waals surface area contributed by atoms with Gasteiger partial charge in [-0.2, -0.15) is 0 Å². The fraction of sp³-hybridized carbons (Fsp3) is 0.462. The first-order valence-electron chi connectivity index (χ1n) is 11.1. The van der Waals surface area contributed by atoms with Crippen LogP contribution in [-0.2, 0) is 4.74 Å². The standard InChI is InChI=1S/C26H33NO2S2/c1-20(22-6-9-24-25(17-22)31-19-26(2,3)18-30-24)16-21-4-7-23(8-5-21)29-15-12-27-10-13-28-14-11-27/h4-9,16-17H,10-15,18-19H2,1-3H3/b20-16+. The summed E-state index contributed by atoms with van der Waals surface area (Å²) in [5.74, 6) is 3.29. The predicted molar refractivity (Wildman–Crippen MR) is 134 cm³/mol. The van der Waals surface area contributed by atoms with Gasteiger partial charge in [-0.15, -0.1) is 23.5 Å². The highest BCUT2D eigenvalue weighted by atomic mass is 32.2. The topological polar surface area (TPSA) is 21.7 Å². The molecule has 166 valence electrons. The van der Waals surface area contributed by atoms with Crippen LogP contribution in [0.25, 0.3) is 11.6 Å². The van der Waals surface area contributed by atoms with Gasteiger partial charge in [-0.3, -0.25) is 4.90 Å². The van der Waals surface area contributed by atoms with Gasteiger partial charge in [-0.05, 0) is 53.3 Å². The second-order valence-corrected chi connectivity index (χ2v) is 11.1. The Hall–Kier alpha value is -1.40. The fourth-order valence-corrected chi connectivity index (χ4v) is 6.25. The van der Waals surface area contributed by atoms with Crippen molar-refractivity contribution in [3.8, 4) is 5.75 Å². The molecule has 1 saturated heterocycles. The third-order valence-electron chi connectivity index (χ3n) is 5.68. The average molecular weight is 456 g/mol. The number of hydrogen-bond donors (Lipinski definition) is 0. The third-order valence-corrected chi connectivity index (χ3v) is 8.98. The minimum absolute atomic E-state index is 0.380. The maximum atomic E-state index is 5.94. The molecule has 0 amide bonds. The van der Waals surface area contributed by atoms with Gasteiger partial charge >= 0.3 is 0 Å². The molecule has 5 heteroatoms. The molecule has 0 spiro atoms. The van der Waals surface area contributed by atoms with Crippen molar-refractivity contribution in [3.63, 3.8) is 0 Å². The summed E-state index contributed by atoms with van der Waals surface area (Å²) < 4.78 is 11.3.